The summed E-state index contributed by atoms with van der Waals surface area (Å²) in [6.07, 6.45) is 0.597. The van der Waals surface area contributed by atoms with Crippen LogP contribution in [-0.4, -0.2) is 43.3 Å². The van der Waals surface area contributed by atoms with Crippen molar-refractivity contribution < 1.29 is 19.4 Å². The number of hydrogen-bond donors (Lipinski definition) is 5. The van der Waals surface area contributed by atoms with Crippen LogP contribution in [0.5, 0.6) is 5.75 Å². The molecule has 138 valence electrons. The molecule has 9 nitrogen and oxygen atoms in total. The van der Waals surface area contributed by atoms with E-state index in [0.717, 1.165) is 0 Å². The highest BCUT2D eigenvalue weighted by atomic mass is 16.5. The molecule has 2 rings (SSSR count). The second-order valence-electron chi connectivity index (χ2n) is 5.46. The molecule has 0 heterocycles. The number of aromatic hydroxyl groups is 1. The third-order valence-electron chi connectivity index (χ3n) is 3.53. The van der Waals surface area contributed by atoms with Crippen LogP contribution in [0.15, 0.2) is 35.3 Å². The average molecular weight is 359 g/mol. The lowest BCUT2D eigenvalue weighted by molar-refractivity contribution is 0.0600. The van der Waals surface area contributed by atoms with Gasteiger partial charge in [0, 0.05) is 24.2 Å². The van der Waals surface area contributed by atoms with E-state index in [2.05, 4.69) is 20.4 Å². The maximum Gasteiger partial charge on any atom is 0.338 e. The molecule has 0 saturated carbocycles. The Labute approximate surface area is 150 Å². The lowest BCUT2D eigenvalue weighted by Crippen LogP contribution is -2.30. The molecule has 0 aliphatic heterocycles. The Morgan fingerprint density at radius 1 is 1.23 bits per heavy atom. The Morgan fingerprint density at radius 3 is 2.69 bits per heavy atom. The van der Waals surface area contributed by atoms with Crippen molar-refractivity contribution in [3.63, 3.8) is 0 Å². The van der Waals surface area contributed by atoms with Crippen molar-refractivity contribution in [1.29, 1.82) is 0 Å². The molecule has 2 amide bonds. The lowest BCUT2D eigenvalue weighted by Gasteiger charge is -2.10. The fraction of sp³-hybridized carbons (Fsp3) is 0.235. The van der Waals surface area contributed by atoms with E-state index in [1.807, 2.05) is 0 Å². The molecule has 0 spiro atoms. The van der Waals surface area contributed by atoms with Crippen LogP contribution in [0, 0.1) is 0 Å². The quantitative estimate of drug-likeness (QED) is 0.225. The zero-order valence-corrected chi connectivity index (χ0v) is 14.3. The minimum Gasteiger partial charge on any atom is -0.507 e. The van der Waals surface area contributed by atoms with Crippen molar-refractivity contribution in [1.82, 2.24) is 5.32 Å². The molecule has 0 aliphatic carbocycles. The van der Waals surface area contributed by atoms with Gasteiger partial charge in [-0.15, -0.1) is 0 Å². The maximum atomic E-state index is 11.9. The van der Waals surface area contributed by atoms with Crippen molar-refractivity contribution in [2.75, 3.05) is 25.5 Å². The average Bonchev–Trinajstić information content (AvgIpc) is 2.60. The van der Waals surface area contributed by atoms with Crippen molar-refractivity contribution in [2.24, 2.45) is 16.5 Å². The minimum atomic E-state index is -0.537. The maximum absolute atomic E-state index is 11.9. The van der Waals surface area contributed by atoms with Gasteiger partial charge in [-0.05, 0) is 36.1 Å². The number of methoxy groups -OCH3 is 1. The van der Waals surface area contributed by atoms with Crippen molar-refractivity contribution in [3.05, 3.63) is 35.9 Å². The van der Waals surface area contributed by atoms with Crippen LogP contribution in [-0.2, 0) is 4.74 Å². The van der Waals surface area contributed by atoms with Crippen molar-refractivity contribution in [2.45, 2.75) is 6.42 Å². The number of rotatable bonds is 6. The first-order valence-corrected chi connectivity index (χ1v) is 7.86. The van der Waals surface area contributed by atoms with E-state index >= 15 is 0 Å². The Bertz CT molecular complexity index is 846. The number of aliphatic imine (C=N–C) groups is 1. The first-order valence-electron chi connectivity index (χ1n) is 7.86. The van der Waals surface area contributed by atoms with Gasteiger partial charge in [0.05, 0.1) is 12.7 Å². The number of fused-ring (bicyclic) bond motifs is 1. The van der Waals surface area contributed by atoms with E-state index in [-0.39, 0.29) is 23.3 Å². The van der Waals surface area contributed by atoms with Crippen LogP contribution >= 0.6 is 0 Å². The molecule has 0 saturated heterocycles. The summed E-state index contributed by atoms with van der Waals surface area (Å²) in [5.41, 5.74) is 11.2. The van der Waals surface area contributed by atoms with Gasteiger partial charge in [0.25, 0.3) is 0 Å². The summed E-state index contributed by atoms with van der Waals surface area (Å²) in [6, 6.07) is 7.51. The predicted molar refractivity (Wildman–Crippen MR) is 99.3 cm³/mol. The van der Waals surface area contributed by atoms with Gasteiger partial charge in [-0.25, -0.2) is 9.59 Å². The number of nitrogens with two attached hydrogens (primary N) is 2. The van der Waals surface area contributed by atoms with Crippen LogP contribution < -0.4 is 22.1 Å². The van der Waals surface area contributed by atoms with Crippen LogP contribution in [0.1, 0.15) is 16.8 Å². The molecule has 2 aromatic rings. The first kappa shape index (κ1) is 18.8. The molecule has 0 unspecified atom stereocenters. The fourth-order valence-electron chi connectivity index (χ4n) is 2.32. The monoisotopic (exact) mass is 359 g/mol. The molecule has 26 heavy (non-hydrogen) atoms. The Morgan fingerprint density at radius 2 is 2.00 bits per heavy atom. The summed E-state index contributed by atoms with van der Waals surface area (Å²) < 4.78 is 4.65. The topological polar surface area (TPSA) is 152 Å². The second-order valence-corrected chi connectivity index (χ2v) is 5.46. The first-order chi connectivity index (χ1) is 12.4. The highest BCUT2D eigenvalue weighted by Crippen LogP contribution is 2.29. The SMILES string of the molecule is COC(=O)c1cc(O)c2cc(NC(=O)NCCCN=C(N)N)ccc2c1. The molecule has 0 aromatic heterocycles. The number of nitrogens with zero attached hydrogens (tertiary/aromatic N) is 1. The van der Waals surface area contributed by atoms with Gasteiger partial charge in [-0.3, -0.25) is 4.99 Å². The number of amides is 2. The smallest absolute Gasteiger partial charge is 0.338 e. The number of nitrogens with one attached hydrogen (secondary N) is 2. The standard InChI is InChI=1S/C17H21N5O4/c1-26-15(24)11-7-10-3-4-12(9-13(10)14(23)8-11)22-17(25)21-6-2-5-20-16(18)19/h3-4,7-9,23H,2,5-6H2,1H3,(H4,18,19,20)(H2,21,22,25). The number of urea groups is 1. The predicted octanol–water partition coefficient (Wildman–Crippen LogP) is 1.12. The lowest BCUT2D eigenvalue weighted by atomic mass is 10.0. The van der Waals surface area contributed by atoms with Crippen molar-refractivity contribution in [3.8, 4) is 5.75 Å². The molecule has 7 N–H and O–H groups in total. The molecule has 0 radical (unpaired) electrons. The Kier molecular flexibility index (Phi) is 6.20. The second kappa shape index (κ2) is 8.56. The molecular formula is C17H21N5O4. The third kappa shape index (κ3) is 5.00. The molecule has 0 bridgehead atoms. The number of ether oxygens (including phenoxy) is 1. The van der Waals surface area contributed by atoms with E-state index in [1.54, 1.807) is 24.3 Å². The zero-order chi connectivity index (χ0) is 19.1. The van der Waals surface area contributed by atoms with Gasteiger partial charge in [-0.2, -0.15) is 0 Å². The van der Waals surface area contributed by atoms with Gasteiger partial charge in [0.1, 0.15) is 5.75 Å². The Balaban J connectivity index is 2.02. The van der Waals surface area contributed by atoms with Crippen LogP contribution in [0.3, 0.4) is 0 Å². The molecule has 0 atom stereocenters. The van der Waals surface area contributed by atoms with E-state index in [4.69, 9.17) is 11.5 Å². The number of phenols is 1. The fourth-order valence-corrected chi connectivity index (χ4v) is 2.32. The number of phenolic OH excluding ortho intramolecular Hbond substituents is 1. The summed E-state index contributed by atoms with van der Waals surface area (Å²) in [5, 5.41) is 16.6. The van der Waals surface area contributed by atoms with Crippen LogP contribution in [0.25, 0.3) is 10.8 Å². The summed E-state index contributed by atoms with van der Waals surface area (Å²) in [5.74, 6) is -0.602. The van der Waals surface area contributed by atoms with E-state index in [9.17, 15) is 14.7 Å². The van der Waals surface area contributed by atoms with Gasteiger partial charge >= 0.3 is 12.0 Å². The van der Waals surface area contributed by atoms with Gasteiger partial charge in [-0.1, -0.05) is 6.07 Å². The largest absolute Gasteiger partial charge is 0.507 e. The third-order valence-corrected chi connectivity index (χ3v) is 3.53. The summed E-state index contributed by atoms with van der Waals surface area (Å²) in [6.45, 7) is 0.832. The molecule has 0 fully saturated rings. The molecule has 2 aromatic carbocycles. The van der Waals surface area contributed by atoms with Crippen molar-refractivity contribution >= 4 is 34.4 Å². The summed E-state index contributed by atoms with van der Waals surface area (Å²) in [7, 11) is 1.27. The summed E-state index contributed by atoms with van der Waals surface area (Å²) in [4.78, 5) is 27.3. The number of hydrogen-bond acceptors (Lipinski definition) is 5. The number of carbonyl (C=O) groups is 2. The highest BCUT2D eigenvalue weighted by molar-refractivity contribution is 6.00. The normalized spacial score (nSPS) is 10.2. The number of benzene rings is 2. The van der Waals surface area contributed by atoms with Gasteiger partial charge in [0.15, 0.2) is 5.96 Å². The number of anilines is 1. The Hall–Kier alpha value is -3.49. The molecular weight excluding hydrogens is 338 g/mol. The minimum absolute atomic E-state index is 0.0146. The zero-order valence-electron chi connectivity index (χ0n) is 14.3. The summed E-state index contributed by atoms with van der Waals surface area (Å²) >= 11 is 0. The number of carbonyl (C=O) groups excluding carboxylic acids is 2. The van der Waals surface area contributed by atoms with Crippen LogP contribution in [0.2, 0.25) is 0 Å². The van der Waals surface area contributed by atoms with Gasteiger partial charge in [0.2, 0.25) is 0 Å². The highest BCUT2D eigenvalue weighted by Gasteiger charge is 2.11. The number of guanidine groups is 1. The van der Waals surface area contributed by atoms with E-state index in [1.165, 1.54) is 13.2 Å². The molecule has 0 aliphatic rings. The van der Waals surface area contributed by atoms with Gasteiger partial charge < -0.3 is 31.9 Å². The van der Waals surface area contributed by atoms with E-state index < -0.39 is 5.97 Å². The van der Waals surface area contributed by atoms with E-state index in [0.29, 0.717) is 36.0 Å². The van der Waals surface area contributed by atoms with Crippen LogP contribution in [0.4, 0.5) is 10.5 Å². The number of esters is 1. The molecule has 9 heteroatoms.